The lowest BCUT2D eigenvalue weighted by Crippen LogP contribution is -2.34. The van der Waals surface area contributed by atoms with E-state index < -0.39 is 0 Å². The van der Waals surface area contributed by atoms with Crippen LogP contribution in [0.1, 0.15) is 55.7 Å². The minimum Gasteiger partial charge on any atom is -0.354 e. The van der Waals surface area contributed by atoms with Gasteiger partial charge in [0.2, 0.25) is 5.95 Å². The summed E-state index contributed by atoms with van der Waals surface area (Å²) in [6.45, 7) is 2.87. The van der Waals surface area contributed by atoms with Gasteiger partial charge in [-0.25, -0.2) is 5.43 Å². The number of aromatic nitrogens is 2. The predicted molar refractivity (Wildman–Crippen MR) is 109 cm³/mol. The fourth-order valence-corrected chi connectivity index (χ4v) is 4.61. The van der Waals surface area contributed by atoms with Gasteiger partial charge < -0.3 is 15.6 Å². The van der Waals surface area contributed by atoms with Crippen LogP contribution in [0, 0.1) is 5.92 Å². The topological polar surface area (TPSA) is 65.1 Å². The van der Waals surface area contributed by atoms with Gasteiger partial charge in [-0.05, 0) is 30.7 Å². The van der Waals surface area contributed by atoms with Crippen LogP contribution in [0.4, 0.5) is 17.6 Å². The van der Waals surface area contributed by atoms with Crippen molar-refractivity contribution in [3.8, 4) is 0 Å². The second-order valence-electron chi connectivity index (χ2n) is 8.04. The predicted octanol–water partition coefficient (Wildman–Crippen LogP) is 3.85. The fraction of sp³-hybridized carbons (Fsp3) is 0.524. The number of benzene rings is 1. The van der Waals surface area contributed by atoms with E-state index in [4.69, 9.17) is 9.97 Å². The van der Waals surface area contributed by atoms with Crippen LogP contribution in [-0.4, -0.2) is 23.1 Å². The molecule has 0 bridgehead atoms. The Morgan fingerprint density at radius 2 is 1.89 bits per heavy atom. The molecule has 3 N–H and O–H groups in total. The average molecular weight is 364 g/mol. The van der Waals surface area contributed by atoms with Crippen LogP contribution in [-0.2, 0) is 6.54 Å². The molecule has 1 aromatic heterocycles. The highest BCUT2D eigenvalue weighted by molar-refractivity contribution is 5.67. The summed E-state index contributed by atoms with van der Waals surface area (Å²) >= 11 is 0. The summed E-state index contributed by atoms with van der Waals surface area (Å²) in [5.74, 6) is 3.52. The van der Waals surface area contributed by atoms with E-state index in [-0.39, 0.29) is 0 Å². The maximum atomic E-state index is 4.95. The van der Waals surface area contributed by atoms with Crippen LogP contribution in [0.25, 0.3) is 0 Å². The number of hydrazine groups is 1. The summed E-state index contributed by atoms with van der Waals surface area (Å²) < 4.78 is 0. The third-order valence-corrected chi connectivity index (χ3v) is 6.12. The van der Waals surface area contributed by atoms with E-state index in [1.54, 1.807) is 0 Å². The molecule has 3 aliphatic rings. The summed E-state index contributed by atoms with van der Waals surface area (Å²) in [5.41, 5.74) is 9.19. The van der Waals surface area contributed by atoms with Crippen molar-refractivity contribution in [2.45, 2.75) is 51.1 Å². The van der Waals surface area contributed by atoms with Gasteiger partial charge in [0.05, 0.1) is 11.6 Å². The van der Waals surface area contributed by atoms with Crippen molar-refractivity contribution in [2.24, 2.45) is 5.92 Å². The van der Waals surface area contributed by atoms with Gasteiger partial charge >= 0.3 is 0 Å². The smallest absolute Gasteiger partial charge is 0.226 e. The molecule has 3 heterocycles. The summed E-state index contributed by atoms with van der Waals surface area (Å²) in [6, 6.07) is 11.0. The van der Waals surface area contributed by atoms with E-state index in [1.807, 2.05) is 0 Å². The van der Waals surface area contributed by atoms with Gasteiger partial charge in [0.25, 0.3) is 0 Å². The lowest BCUT2D eigenvalue weighted by molar-refractivity contribution is 0.373. The molecule has 1 aromatic carbocycles. The first-order chi connectivity index (χ1) is 13.4. The Morgan fingerprint density at radius 3 is 2.74 bits per heavy atom. The first kappa shape index (κ1) is 16.8. The highest BCUT2D eigenvalue weighted by atomic mass is 15.4. The van der Waals surface area contributed by atoms with Crippen molar-refractivity contribution >= 4 is 17.6 Å². The van der Waals surface area contributed by atoms with Gasteiger partial charge in [-0.15, -0.1) is 0 Å². The van der Waals surface area contributed by atoms with Gasteiger partial charge in [0.1, 0.15) is 5.82 Å². The summed E-state index contributed by atoms with van der Waals surface area (Å²) in [4.78, 5) is 12.1. The molecule has 1 aliphatic carbocycles. The van der Waals surface area contributed by atoms with Gasteiger partial charge in [0, 0.05) is 19.6 Å². The Bertz CT molecular complexity index is 787. The summed E-state index contributed by atoms with van der Waals surface area (Å²) in [5, 5.41) is 3.53. The zero-order valence-electron chi connectivity index (χ0n) is 15.7. The third-order valence-electron chi connectivity index (χ3n) is 6.12. The summed E-state index contributed by atoms with van der Waals surface area (Å²) in [6.07, 6.45) is 7.83. The molecule has 5 rings (SSSR count). The molecule has 6 nitrogen and oxygen atoms in total. The standard InChI is InChI=1S/C21H28N6/c1-3-7-15(8-4-1)13-22-21-23-19-18-17(25-26-19)11-12-27(20(18)24-21)14-16-9-5-2-6-10-16/h2,5-6,9-10,15,17,25H,1,3-4,7-8,11-14H2,(H2,22,23,24,26). The number of hydrogen-bond donors (Lipinski definition) is 3. The Morgan fingerprint density at radius 1 is 1.04 bits per heavy atom. The van der Waals surface area contributed by atoms with Crippen molar-refractivity contribution in [1.82, 2.24) is 15.4 Å². The third kappa shape index (κ3) is 3.46. The number of anilines is 3. The lowest BCUT2D eigenvalue weighted by Gasteiger charge is -2.32. The van der Waals surface area contributed by atoms with Gasteiger partial charge in [-0.2, -0.15) is 9.97 Å². The Labute approximate surface area is 160 Å². The minimum atomic E-state index is 0.314. The maximum Gasteiger partial charge on any atom is 0.226 e. The Hall–Kier alpha value is -2.34. The molecular formula is C21H28N6. The molecule has 2 aromatic rings. The number of hydrogen-bond acceptors (Lipinski definition) is 6. The van der Waals surface area contributed by atoms with E-state index in [2.05, 4.69) is 51.4 Å². The zero-order valence-corrected chi connectivity index (χ0v) is 15.7. The van der Waals surface area contributed by atoms with Crippen molar-refractivity contribution in [1.29, 1.82) is 0 Å². The quantitative estimate of drug-likeness (QED) is 0.749. The fourth-order valence-electron chi connectivity index (χ4n) is 4.61. The first-order valence-corrected chi connectivity index (χ1v) is 10.3. The number of nitrogens with zero attached hydrogens (tertiary/aromatic N) is 3. The molecule has 1 atom stereocenters. The molecule has 6 heteroatoms. The van der Waals surface area contributed by atoms with E-state index >= 15 is 0 Å². The van der Waals surface area contributed by atoms with E-state index in [9.17, 15) is 0 Å². The highest BCUT2D eigenvalue weighted by Gasteiger charge is 2.34. The second kappa shape index (κ2) is 7.35. The van der Waals surface area contributed by atoms with Gasteiger partial charge in [-0.1, -0.05) is 49.6 Å². The molecule has 27 heavy (non-hydrogen) atoms. The van der Waals surface area contributed by atoms with Crippen molar-refractivity contribution in [3.63, 3.8) is 0 Å². The molecule has 1 saturated carbocycles. The largest absolute Gasteiger partial charge is 0.354 e. The van der Waals surface area contributed by atoms with E-state index in [0.29, 0.717) is 6.04 Å². The van der Waals surface area contributed by atoms with E-state index in [0.717, 1.165) is 49.6 Å². The Balaban J connectivity index is 1.38. The van der Waals surface area contributed by atoms with Crippen LogP contribution in [0.15, 0.2) is 30.3 Å². The van der Waals surface area contributed by atoms with Crippen LogP contribution >= 0.6 is 0 Å². The highest BCUT2D eigenvalue weighted by Crippen LogP contribution is 2.41. The summed E-state index contributed by atoms with van der Waals surface area (Å²) in [7, 11) is 0. The van der Waals surface area contributed by atoms with Crippen molar-refractivity contribution < 1.29 is 0 Å². The second-order valence-corrected chi connectivity index (χ2v) is 8.04. The molecule has 0 amide bonds. The van der Waals surface area contributed by atoms with Crippen molar-refractivity contribution in [2.75, 3.05) is 28.7 Å². The number of nitrogens with one attached hydrogen (secondary N) is 3. The van der Waals surface area contributed by atoms with Crippen LogP contribution in [0.3, 0.4) is 0 Å². The number of rotatable bonds is 5. The molecule has 0 radical (unpaired) electrons. The normalized spacial score (nSPS) is 21.6. The maximum absolute atomic E-state index is 4.95. The monoisotopic (exact) mass is 364 g/mol. The van der Waals surface area contributed by atoms with Gasteiger partial charge in [-0.3, -0.25) is 0 Å². The molecule has 1 fully saturated rings. The van der Waals surface area contributed by atoms with Gasteiger partial charge in [0.15, 0.2) is 5.82 Å². The Kier molecular flexibility index (Phi) is 4.57. The first-order valence-electron chi connectivity index (χ1n) is 10.3. The molecule has 0 saturated heterocycles. The molecule has 1 unspecified atom stereocenters. The van der Waals surface area contributed by atoms with Crippen molar-refractivity contribution in [3.05, 3.63) is 41.5 Å². The SMILES string of the molecule is c1ccc(CN2CCC3NNc4nc(NCC5CCCCC5)nc2c43)cc1. The molecule has 2 aliphatic heterocycles. The molecule has 142 valence electrons. The van der Waals surface area contributed by atoms with E-state index in [1.165, 1.54) is 43.2 Å². The van der Waals surface area contributed by atoms with Crippen LogP contribution < -0.4 is 21.1 Å². The van der Waals surface area contributed by atoms with Crippen LogP contribution in [0.2, 0.25) is 0 Å². The minimum absolute atomic E-state index is 0.314. The molecule has 0 spiro atoms. The average Bonchev–Trinajstić information content (AvgIpc) is 3.14. The molecular weight excluding hydrogens is 336 g/mol. The van der Waals surface area contributed by atoms with Crippen LogP contribution in [0.5, 0.6) is 0 Å². The lowest BCUT2D eigenvalue weighted by atomic mass is 9.89. The zero-order chi connectivity index (χ0) is 18.1.